The van der Waals surface area contributed by atoms with Gasteiger partial charge in [0.15, 0.2) is 0 Å². The molecule has 1 unspecified atom stereocenters. The molecule has 0 N–H and O–H groups in total. The first-order valence-electron chi connectivity index (χ1n) is 6.44. The first-order chi connectivity index (χ1) is 7.79. The SMILES string of the molecule is CC(C)C1CC(=O)C=CN1C/C=[CH]\[Sn]([CH3])([CH3])[CH3]. The molecule has 0 aromatic heterocycles. The zero-order valence-electron chi connectivity index (χ0n) is 11.7. The van der Waals surface area contributed by atoms with Gasteiger partial charge < -0.3 is 0 Å². The molecule has 0 radical (unpaired) electrons. The van der Waals surface area contributed by atoms with Crippen molar-refractivity contribution >= 4 is 24.2 Å². The van der Waals surface area contributed by atoms with Gasteiger partial charge in [-0.25, -0.2) is 0 Å². The molecule has 0 aromatic carbocycles. The molecule has 17 heavy (non-hydrogen) atoms. The fourth-order valence-corrected chi connectivity index (χ4v) is 4.34. The number of rotatable bonds is 4. The number of ketones is 1. The zero-order chi connectivity index (χ0) is 13.1. The van der Waals surface area contributed by atoms with Crippen molar-refractivity contribution in [3.63, 3.8) is 0 Å². The predicted octanol–water partition coefficient (Wildman–Crippen LogP) is 3.23. The molecule has 0 amide bonds. The van der Waals surface area contributed by atoms with Crippen molar-refractivity contribution in [1.82, 2.24) is 4.90 Å². The second kappa shape index (κ2) is 6.07. The van der Waals surface area contributed by atoms with Crippen LogP contribution in [0.25, 0.3) is 0 Å². The van der Waals surface area contributed by atoms with E-state index in [1.54, 1.807) is 6.08 Å². The van der Waals surface area contributed by atoms with Gasteiger partial charge in [0.25, 0.3) is 0 Å². The Morgan fingerprint density at radius 3 is 2.65 bits per heavy atom. The Kier molecular flexibility index (Phi) is 5.29. The van der Waals surface area contributed by atoms with Gasteiger partial charge in [-0.2, -0.15) is 0 Å². The van der Waals surface area contributed by atoms with Crippen molar-refractivity contribution < 1.29 is 4.79 Å². The van der Waals surface area contributed by atoms with E-state index in [0.717, 1.165) is 6.54 Å². The summed E-state index contributed by atoms with van der Waals surface area (Å²) in [5.74, 6) is 0.786. The van der Waals surface area contributed by atoms with Crippen LogP contribution in [0.1, 0.15) is 20.3 Å². The van der Waals surface area contributed by atoms with E-state index in [0.29, 0.717) is 18.4 Å². The van der Waals surface area contributed by atoms with Gasteiger partial charge in [0.05, 0.1) is 0 Å². The van der Waals surface area contributed by atoms with Crippen LogP contribution in [0.4, 0.5) is 0 Å². The average Bonchev–Trinajstić information content (AvgIpc) is 2.18. The summed E-state index contributed by atoms with van der Waals surface area (Å²) >= 11 is -1.78. The molecule has 1 rings (SSSR count). The maximum atomic E-state index is 11.4. The summed E-state index contributed by atoms with van der Waals surface area (Å²) < 4.78 is 2.44. The molecule has 1 atom stereocenters. The third kappa shape index (κ3) is 5.28. The van der Waals surface area contributed by atoms with Crippen molar-refractivity contribution in [3.05, 3.63) is 22.4 Å². The predicted molar refractivity (Wildman–Crippen MR) is 76.6 cm³/mol. The van der Waals surface area contributed by atoms with Crippen LogP contribution in [0.2, 0.25) is 14.8 Å². The van der Waals surface area contributed by atoms with Crippen LogP contribution in [0, 0.1) is 5.92 Å². The molecule has 0 aromatic rings. The van der Waals surface area contributed by atoms with Gasteiger partial charge in [0.2, 0.25) is 0 Å². The molecule has 0 fully saturated rings. The Bertz CT molecular complexity index is 326. The zero-order valence-corrected chi connectivity index (χ0v) is 14.6. The second-order valence-electron chi connectivity index (χ2n) is 6.26. The van der Waals surface area contributed by atoms with Gasteiger partial charge in [-0.1, -0.05) is 0 Å². The Labute approximate surface area is 110 Å². The van der Waals surface area contributed by atoms with Gasteiger partial charge in [-0.15, -0.1) is 0 Å². The van der Waals surface area contributed by atoms with Crippen molar-refractivity contribution in [1.29, 1.82) is 0 Å². The van der Waals surface area contributed by atoms with E-state index < -0.39 is 18.4 Å². The number of carbonyl (C=O) groups is 1. The van der Waals surface area contributed by atoms with Crippen LogP contribution < -0.4 is 0 Å². The molecule has 96 valence electrons. The van der Waals surface area contributed by atoms with Gasteiger partial charge in [0.1, 0.15) is 0 Å². The molecule has 0 saturated carbocycles. The summed E-state index contributed by atoms with van der Waals surface area (Å²) in [5, 5.41) is 0. The molecule has 0 aliphatic carbocycles. The molecule has 1 aliphatic rings. The van der Waals surface area contributed by atoms with E-state index in [9.17, 15) is 4.79 Å². The molecule has 2 nitrogen and oxygen atoms in total. The normalized spacial score (nSPS) is 21.9. The Balaban J connectivity index is 2.65. The van der Waals surface area contributed by atoms with Crippen molar-refractivity contribution in [2.45, 2.75) is 41.1 Å². The standard InChI is InChI=1S/C11H16NO.3CH3.Sn/c1-4-6-12-7-5-10(13)8-11(12)9(2)3;;;;/h1,4-5,7,9,11H,6,8H2,2-3H3;3*1H3;. The maximum absolute atomic E-state index is 11.4. The minimum absolute atomic E-state index is 0.263. The second-order valence-corrected chi connectivity index (χ2v) is 20.7. The van der Waals surface area contributed by atoms with Crippen LogP contribution >= 0.6 is 0 Å². The first-order valence-corrected chi connectivity index (χ1v) is 16.6. The third-order valence-electron chi connectivity index (χ3n) is 2.99. The van der Waals surface area contributed by atoms with E-state index in [1.165, 1.54) is 0 Å². The van der Waals surface area contributed by atoms with Crippen LogP contribution in [0.15, 0.2) is 22.4 Å². The molecule has 1 aliphatic heterocycles. The first kappa shape index (κ1) is 14.8. The number of hydrogen-bond acceptors (Lipinski definition) is 2. The fraction of sp³-hybridized carbons (Fsp3) is 0.643. The van der Waals surface area contributed by atoms with Crippen molar-refractivity contribution in [2.24, 2.45) is 5.92 Å². The average molecular weight is 342 g/mol. The van der Waals surface area contributed by atoms with Gasteiger partial charge in [-0.05, 0) is 0 Å². The van der Waals surface area contributed by atoms with Crippen LogP contribution in [0.3, 0.4) is 0 Å². The van der Waals surface area contributed by atoms with Gasteiger partial charge >= 0.3 is 110 Å². The number of hydrogen-bond donors (Lipinski definition) is 0. The quantitative estimate of drug-likeness (QED) is 0.732. The molecule has 1 heterocycles. The molecular formula is C14H25NOSn. The van der Waals surface area contributed by atoms with Gasteiger partial charge in [0, 0.05) is 0 Å². The number of allylic oxidation sites excluding steroid dienone is 1. The van der Waals surface area contributed by atoms with Crippen LogP contribution in [-0.4, -0.2) is 41.6 Å². The van der Waals surface area contributed by atoms with E-state index in [4.69, 9.17) is 0 Å². The fourth-order valence-electron chi connectivity index (χ4n) is 2.02. The monoisotopic (exact) mass is 343 g/mol. The van der Waals surface area contributed by atoms with Gasteiger partial charge in [-0.3, -0.25) is 0 Å². The molecule has 0 spiro atoms. The van der Waals surface area contributed by atoms with E-state index in [-0.39, 0.29) is 5.78 Å². The topological polar surface area (TPSA) is 20.3 Å². The summed E-state index contributed by atoms with van der Waals surface area (Å²) in [7, 11) is 0. The molecule has 0 bridgehead atoms. The summed E-state index contributed by atoms with van der Waals surface area (Å²) in [4.78, 5) is 21.0. The summed E-state index contributed by atoms with van der Waals surface area (Å²) in [6.07, 6.45) is 6.65. The Morgan fingerprint density at radius 2 is 2.12 bits per heavy atom. The van der Waals surface area contributed by atoms with Crippen molar-refractivity contribution in [2.75, 3.05) is 6.54 Å². The third-order valence-corrected chi connectivity index (χ3v) is 6.52. The van der Waals surface area contributed by atoms with E-state index >= 15 is 0 Å². The number of carbonyl (C=O) groups excluding carboxylic acids is 1. The summed E-state index contributed by atoms with van der Waals surface area (Å²) in [5.41, 5.74) is 0. The van der Waals surface area contributed by atoms with Crippen molar-refractivity contribution in [3.8, 4) is 0 Å². The molecular weight excluding hydrogens is 317 g/mol. The minimum atomic E-state index is -1.78. The summed E-state index contributed by atoms with van der Waals surface area (Å²) in [6, 6.07) is 0.368. The van der Waals surface area contributed by atoms with E-state index in [1.807, 2.05) is 6.20 Å². The van der Waals surface area contributed by atoms with Crippen LogP contribution in [0.5, 0.6) is 0 Å². The summed E-state index contributed by atoms with van der Waals surface area (Å²) in [6.45, 7) is 5.33. The Hall–Kier alpha value is -0.251. The van der Waals surface area contributed by atoms with Crippen LogP contribution in [-0.2, 0) is 4.79 Å². The molecule has 3 heteroatoms. The Morgan fingerprint density at radius 1 is 1.47 bits per heavy atom. The van der Waals surface area contributed by atoms with E-state index in [2.05, 4.69) is 43.7 Å². The molecule has 0 saturated heterocycles. The number of nitrogens with zero attached hydrogens (tertiary/aromatic N) is 1.